The number of nitrogens with zero attached hydrogens (tertiary/aromatic N) is 2. The fourth-order valence-corrected chi connectivity index (χ4v) is 2.97. The molecular weight excluding hydrogens is 322 g/mol. The Morgan fingerprint density at radius 3 is 3.00 bits per heavy atom. The SMILES string of the molecule is COc1ccc(Br)cc1[C@H]1CC(=O)Nc2c1cnn2C. The summed E-state index contributed by atoms with van der Waals surface area (Å²) in [7, 11) is 3.46. The van der Waals surface area contributed by atoms with Crippen LogP contribution in [0.4, 0.5) is 5.82 Å². The summed E-state index contributed by atoms with van der Waals surface area (Å²) >= 11 is 3.48. The smallest absolute Gasteiger partial charge is 0.226 e. The molecule has 3 rings (SSSR count). The molecule has 1 N–H and O–H groups in total. The van der Waals surface area contributed by atoms with Gasteiger partial charge in [0.1, 0.15) is 11.6 Å². The summed E-state index contributed by atoms with van der Waals surface area (Å²) in [6.07, 6.45) is 2.20. The molecule has 0 saturated carbocycles. The largest absolute Gasteiger partial charge is 0.496 e. The number of benzene rings is 1. The molecule has 0 aliphatic carbocycles. The Morgan fingerprint density at radius 1 is 1.45 bits per heavy atom. The molecule has 0 bridgehead atoms. The number of ether oxygens (including phenoxy) is 1. The minimum Gasteiger partial charge on any atom is -0.496 e. The van der Waals surface area contributed by atoms with Crippen molar-refractivity contribution in [3.8, 4) is 5.75 Å². The fraction of sp³-hybridized carbons (Fsp3) is 0.286. The topological polar surface area (TPSA) is 56.1 Å². The Kier molecular flexibility index (Phi) is 3.25. The minimum atomic E-state index is -0.0418. The number of amides is 1. The number of hydrogen-bond donors (Lipinski definition) is 1. The summed E-state index contributed by atoms with van der Waals surface area (Å²) in [5, 5.41) is 7.10. The number of aryl methyl sites for hydroxylation is 1. The van der Waals surface area contributed by atoms with Crippen LogP contribution in [0.1, 0.15) is 23.5 Å². The summed E-state index contributed by atoms with van der Waals surface area (Å²) in [5.41, 5.74) is 2.01. The summed E-state index contributed by atoms with van der Waals surface area (Å²) in [6, 6.07) is 5.83. The average Bonchev–Trinajstić information content (AvgIpc) is 2.79. The summed E-state index contributed by atoms with van der Waals surface area (Å²) in [5.74, 6) is 1.49. The van der Waals surface area contributed by atoms with Gasteiger partial charge < -0.3 is 10.1 Å². The standard InChI is InChI=1S/C14H14BrN3O2/c1-18-14-11(7-16-18)9(6-13(19)17-14)10-5-8(15)3-4-12(10)20-2/h3-5,7,9H,6H2,1-2H3,(H,17,19)/t9-/m1/s1. The Bertz CT molecular complexity index is 681. The third kappa shape index (κ3) is 2.10. The van der Waals surface area contributed by atoms with Crippen molar-refractivity contribution in [2.24, 2.45) is 7.05 Å². The maximum Gasteiger partial charge on any atom is 0.226 e. The van der Waals surface area contributed by atoms with Crippen LogP contribution in [0, 0.1) is 0 Å². The number of carbonyl (C=O) groups is 1. The van der Waals surface area contributed by atoms with Gasteiger partial charge in [0.05, 0.1) is 13.3 Å². The lowest BCUT2D eigenvalue weighted by atomic mass is 9.87. The highest BCUT2D eigenvalue weighted by Gasteiger charge is 2.31. The second-order valence-corrected chi connectivity index (χ2v) is 5.68. The quantitative estimate of drug-likeness (QED) is 0.917. The minimum absolute atomic E-state index is 0.00636. The monoisotopic (exact) mass is 335 g/mol. The Morgan fingerprint density at radius 2 is 2.25 bits per heavy atom. The number of rotatable bonds is 2. The van der Waals surface area contributed by atoms with Crippen LogP contribution in [0.5, 0.6) is 5.75 Å². The average molecular weight is 336 g/mol. The van der Waals surface area contributed by atoms with E-state index in [1.807, 2.05) is 25.2 Å². The van der Waals surface area contributed by atoms with E-state index < -0.39 is 0 Å². The van der Waals surface area contributed by atoms with Gasteiger partial charge in [-0.15, -0.1) is 0 Å². The van der Waals surface area contributed by atoms with Crippen molar-refractivity contribution in [3.05, 3.63) is 40.0 Å². The number of halogens is 1. The predicted octanol–water partition coefficient (Wildman–Crippen LogP) is 2.67. The molecule has 1 aromatic heterocycles. The molecule has 0 spiro atoms. The lowest BCUT2D eigenvalue weighted by molar-refractivity contribution is -0.116. The van der Waals surface area contributed by atoms with E-state index in [-0.39, 0.29) is 11.8 Å². The second-order valence-electron chi connectivity index (χ2n) is 4.76. The van der Waals surface area contributed by atoms with E-state index in [0.717, 1.165) is 27.2 Å². The van der Waals surface area contributed by atoms with Gasteiger partial charge >= 0.3 is 0 Å². The van der Waals surface area contributed by atoms with Crippen molar-refractivity contribution in [1.82, 2.24) is 9.78 Å². The molecule has 1 aliphatic heterocycles. The number of aromatic nitrogens is 2. The molecule has 0 fully saturated rings. The Balaban J connectivity index is 2.15. The zero-order valence-electron chi connectivity index (χ0n) is 11.2. The summed E-state index contributed by atoms with van der Waals surface area (Å²) in [4.78, 5) is 11.9. The number of methoxy groups -OCH3 is 1. The van der Waals surface area contributed by atoms with E-state index in [9.17, 15) is 4.79 Å². The Hall–Kier alpha value is -1.82. The summed E-state index contributed by atoms with van der Waals surface area (Å²) < 4.78 is 8.08. The van der Waals surface area contributed by atoms with Gasteiger partial charge in [0, 0.05) is 35.0 Å². The molecular formula is C14H14BrN3O2. The molecule has 104 valence electrons. The first kappa shape index (κ1) is 13.2. The van der Waals surface area contributed by atoms with E-state index >= 15 is 0 Å². The number of anilines is 1. The van der Waals surface area contributed by atoms with Crippen molar-refractivity contribution < 1.29 is 9.53 Å². The first-order valence-corrected chi connectivity index (χ1v) is 7.04. The molecule has 2 heterocycles. The van der Waals surface area contributed by atoms with E-state index in [2.05, 4.69) is 26.3 Å². The van der Waals surface area contributed by atoms with Gasteiger partial charge in [-0.1, -0.05) is 15.9 Å². The van der Waals surface area contributed by atoms with Crippen molar-refractivity contribution in [1.29, 1.82) is 0 Å². The van der Waals surface area contributed by atoms with Crippen molar-refractivity contribution in [2.45, 2.75) is 12.3 Å². The van der Waals surface area contributed by atoms with Crippen LogP contribution < -0.4 is 10.1 Å². The molecule has 5 nitrogen and oxygen atoms in total. The van der Waals surface area contributed by atoms with Crippen LogP contribution in [0.25, 0.3) is 0 Å². The van der Waals surface area contributed by atoms with Gasteiger partial charge in [-0.25, -0.2) is 0 Å². The number of hydrogen-bond acceptors (Lipinski definition) is 3. The van der Waals surface area contributed by atoms with E-state index in [1.54, 1.807) is 18.0 Å². The number of carbonyl (C=O) groups excluding carboxylic acids is 1. The first-order chi connectivity index (χ1) is 9.60. The maximum atomic E-state index is 11.9. The normalized spacial score (nSPS) is 17.6. The van der Waals surface area contributed by atoms with Crippen molar-refractivity contribution in [2.75, 3.05) is 12.4 Å². The molecule has 20 heavy (non-hydrogen) atoms. The first-order valence-electron chi connectivity index (χ1n) is 6.25. The van der Waals surface area contributed by atoms with Gasteiger partial charge in [-0.2, -0.15) is 5.10 Å². The van der Waals surface area contributed by atoms with Crippen LogP contribution in [-0.2, 0) is 11.8 Å². The van der Waals surface area contributed by atoms with Gasteiger partial charge in [-0.3, -0.25) is 9.48 Å². The molecule has 1 amide bonds. The van der Waals surface area contributed by atoms with Crippen molar-refractivity contribution in [3.63, 3.8) is 0 Å². The lowest BCUT2D eigenvalue weighted by Gasteiger charge is -2.24. The molecule has 1 aliphatic rings. The van der Waals surface area contributed by atoms with Gasteiger partial charge in [0.25, 0.3) is 0 Å². The third-order valence-corrected chi connectivity index (χ3v) is 4.05. The van der Waals surface area contributed by atoms with Gasteiger partial charge in [-0.05, 0) is 18.2 Å². The zero-order valence-corrected chi connectivity index (χ0v) is 12.8. The highest BCUT2D eigenvalue weighted by molar-refractivity contribution is 9.10. The van der Waals surface area contributed by atoms with Gasteiger partial charge in [0.2, 0.25) is 5.91 Å². The summed E-state index contributed by atoms with van der Waals surface area (Å²) in [6.45, 7) is 0. The van der Waals surface area contributed by atoms with Gasteiger partial charge in [0.15, 0.2) is 0 Å². The molecule has 0 radical (unpaired) electrons. The molecule has 0 saturated heterocycles. The maximum absolute atomic E-state index is 11.9. The van der Waals surface area contributed by atoms with E-state index in [1.165, 1.54) is 0 Å². The third-order valence-electron chi connectivity index (χ3n) is 3.56. The second kappa shape index (κ2) is 4.94. The van der Waals surface area contributed by atoms with E-state index in [0.29, 0.717) is 6.42 Å². The van der Waals surface area contributed by atoms with Crippen LogP contribution in [-0.4, -0.2) is 22.8 Å². The molecule has 0 unspecified atom stereocenters. The fourth-order valence-electron chi connectivity index (χ4n) is 2.60. The predicted molar refractivity (Wildman–Crippen MR) is 79.0 cm³/mol. The Labute approximate surface area is 125 Å². The van der Waals surface area contributed by atoms with Crippen molar-refractivity contribution >= 4 is 27.7 Å². The molecule has 2 aromatic rings. The van der Waals surface area contributed by atoms with Crippen LogP contribution in [0.3, 0.4) is 0 Å². The molecule has 1 aromatic carbocycles. The van der Waals surface area contributed by atoms with Crippen LogP contribution in [0.2, 0.25) is 0 Å². The van der Waals surface area contributed by atoms with E-state index in [4.69, 9.17) is 4.74 Å². The molecule has 6 heteroatoms. The van der Waals surface area contributed by atoms with Crippen LogP contribution in [0.15, 0.2) is 28.9 Å². The number of nitrogens with one attached hydrogen (secondary N) is 1. The lowest BCUT2D eigenvalue weighted by Crippen LogP contribution is -2.24. The zero-order chi connectivity index (χ0) is 14.3. The molecule has 1 atom stereocenters. The van der Waals surface area contributed by atoms with Crippen LogP contribution >= 0.6 is 15.9 Å². The highest BCUT2D eigenvalue weighted by Crippen LogP contribution is 2.41. The highest BCUT2D eigenvalue weighted by atomic mass is 79.9. The number of fused-ring (bicyclic) bond motifs is 1.